The van der Waals surface area contributed by atoms with Crippen LogP contribution in [0.3, 0.4) is 0 Å². The second-order valence-corrected chi connectivity index (χ2v) is 7.33. The van der Waals surface area contributed by atoms with Crippen molar-refractivity contribution >= 4 is 23.2 Å². The summed E-state index contributed by atoms with van der Waals surface area (Å²) >= 11 is 12.2. The molecule has 22 heavy (non-hydrogen) atoms. The summed E-state index contributed by atoms with van der Waals surface area (Å²) < 4.78 is 0. The van der Waals surface area contributed by atoms with E-state index >= 15 is 0 Å². The van der Waals surface area contributed by atoms with E-state index in [9.17, 15) is 5.11 Å². The van der Waals surface area contributed by atoms with E-state index in [-0.39, 0.29) is 5.41 Å². The first-order chi connectivity index (χ1) is 10.3. The van der Waals surface area contributed by atoms with Gasteiger partial charge in [-0.2, -0.15) is 0 Å². The van der Waals surface area contributed by atoms with E-state index < -0.39 is 5.60 Å². The molecule has 4 heteroatoms. The van der Waals surface area contributed by atoms with Crippen molar-refractivity contribution < 1.29 is 5.11 Å². The standard InChI is InChI=1S/C18H19Cl2NO/c1-17(11-21(2)12-17)18(22,13-6-8-15(19)9-7-13)14-4-3-5-16(20)10-14/h3-10,22H,11-12H2,1-2H3/t18-/m0/s1. The number of halogens is 2. The monoisotopic (exact) mass is 335 g/mol. The van der Waals surface area contributed by atoms with Crippen molar-refractivity contribution in [3.63, 3.8) is 0 Å². The quantitative estimate of drug-likeness (QED) is 0.909. The molecular weight excluding hydrogens is 317 g/mol. The molecule has 0 saturated carbocycles. The summed E-state index contributed by atoms with van der Waals surface area (Å²) in [6, 6.07) is 14.9. The van der Waals surface area contributed by atoms with Crippen LogP contribution in [-0.4, -0.2) is 30.1 Å². The van der Waals surface area contributed by atoms with Gasteiger partial charge in [-0.25, -0.2) is 0 Å². The van der Waals surface area contributed by atoms with Crippen molar-refractivity contribution in [2.45, 2.75) is 12.5 Å². The Kier molecular flexibility index (Phi) is 3.98. The Morgan fingerprint density at radius 1 is 1.00 bits per heavy atom. The first-order valence-corrected chi connectivity index (χ1v) is 8.04. The maximum absolute atomic E-state index is 11.7. The molecule has 1 saturated heterocycles. The first kappa shape index (κ1) is 15.8. The summed E-state index contributed by atoms with van der Waals surface area (Å²) in [6.45, 7) is 3.75. The van der Waals surface area contributed by atoms with Gasteiger partial charge in [0.15, 0.2) is 0 Å². The third kappa shape index (κ3) is 2.44. The largest absolute Gasteiger partial charge is 0.380 e. The van der Waals surface area contributed by atoms with E-state index in [4.69, 9.17) is 23.2 Å². The molecule has 1 aliphatic rings. The number of hydrogen-bond donors (Lipinski definition) is 1. The van der Waals surface area contributed by atoms with Crippen molar-refractivity contribution in [2.75, 3.05) is 20.1 Å². The molecule has 0 unspecified atom stereocenters. The number of benzene rings is 2. The zero-order valence-corrected chi connectivity index (χ0v) is 14.2. The highest BCUT2D eigenvalue weighted by Gasteiger charge is 2.55. The van der Waals surface area contributed by atoms with Crippen molar-refractivity contribution in [1.29, 1.82) is 0 Å². The summed E-state index contributed by atoms with van der Waals surface area (Å²) in [5.74, 6) is 0. The molecule has 0 aliphatic carbocycles. The fourth-order valence-corrected chi connectivity index (χ4v) is 3.96. The molecule has 1 heterocycles. The van der Waals surface area contributed by atoms with Gasteiger partial charge in [-0.1, -0.05) is 54.4 Å². The van der Waals surface area contributed by atoms with Gasteiger partial charge in [0.1, 0.15) is 5.60 Å². The molecule has 0 aromatic heterocycles. The molecule has 0 radical (unpaired) electrons. The fourth-order valence-electron chi connectivity index (χ4n) is 3.64. The van der Waals surface area contributed by atoms with E-state index in [0.29, 0.717) is 10.0 Å². The number of likely N-dealkylation sites (tertiary alicyclic amines) is 1. The summed E-state index contributed by atoms with van der Waals surface area (Å²) in [4.78, 5) is 2.20. The third-order valence-electron chi connectivity index (χ3n) is 4.62. The lowest BCUT2D eigenvalue weighted by Gasteiger charge is -2.56. The summed E-state index contributed by atoms with van der Waals surface area (Å²) in [7, 11) is 2.06. The molecule has 2 aromatic rings. The second-order valence-electron chi connectivity index (χ2n) is 6.46. The van der Waals surface area contributed by atoms with E-state index in [1.807, 2.05) is 48.5 Å². The summed E-state index contributed by atoms with van der Waals surface area (Å²) in [5, 5.41) is 13.0. The zero-order valence-electron chi connectivity index (χ0n) is 12.7. The normalized spacial score (nSPS) is 20.2. The molecule has 116 valence electrons. The van der Waals surface area contributed by atoms with Gasteiger partial charge in [-0.3, -0.25) is 0 Å². The van der Waals surface area contributed by atoms with Crippen LogP contribution < -0.4 is 0 Å². The molecule has 1 fully saturated rings. The Morgan fingerprint density at radius 3 is 2.18 bits per heavy atom. The first-order valence-electron chi connectivity index (χ1n) is 7.28. The van der Waals surface area contributed by atoms with Gasteiger partial charge in [0.25, 0.3) is 0 Å². The molecule has 3 rings (SSSR count). The van der Waals surface area contributed by atoms with Gasteiger partial charge in [0, 0.05) is 28.5 Å². The molecule has 2 aromatic carbocycles. The number of rotatable bonds is 3. The maximum Gasteiger partial charge on any atom is 0.122 e. The molecular formula is C18H19Cl2NO. The van der Waals surface area contributed by atoms with Gasteiger partial charge < -0.3 is 10.0 Å². The van der Waals surface area contributed by atoms with Crippen LogP contribution in [0.5, 0.6) is 0 Å². The van der Waals surface area contributed by atoms with E-state index in [0.717, 1.165) is 24.2 Å². The minimum absolute atomic E-state index is 0.278. The minimum atomic E-state index is -1.10. The summed E-state index contributed by atoms with van der Waals surface area (Å²) in [5.41, 5.74) is 0.280. The van der Waals surface area contributed by atoms with Crippen LogP contribution in [0.1, 0.15) is 18.1 Å². The predicted octanol–water partition coefficient (Wildman–Crippen LogP) is 4.18. The van der Waals surface area contributed by atoms with Crippen molar-refractivity contribution in [1.82, 2.24) is 4.90 Å². The smallest absolute Gasteiger partial charge is 0.122 e. The third-order valence-corrected chi connectivity index (χ3v) is 5.10. The van der Waals surface area contributed by atoms with Gasteiger partial charge in [-0.05, 0) is 42.4 Å². The van der Waals surface area contributed by atoms with Crippen LogP contribution in [0.25, 0.3) is 0 Å². The van der Waals surface area contributed by atoms with Crippen LogP contribution in [0.2, 0.25) is 10.0 Å². The van der Waals surface area contributed by atoms with E-state index in [1.54, 1.807) is 0 Å². The Hall–Kier alpha value is -1.06. The van der Waals surface area contributed by atoms with Crippen LogP contribution in [0.15, 0.2) is 48.5 Å². The molecule has 1 N–H and O–H groups in total. The molecule has 0 bridgehead atoms. The SMILES string of the molecule is CN1CC(C)([C@](O)(c2ccc(Cl)cc2)c2cccc(Cl)c2)C1. The molecule has 1 atom stereocenters. The van der Waals surface area contributed by atoms with Crippen molar-refractivity contribution in [2.24, 2.45) is 5.41 Å². The average molecular weight is 336 g/mol. The van der Waals surface area contributed by atoms with Gasteiger partial charge in [0.05, 0.1) is 0 Å². The zero-order chi connectivity index (χ0) is 16.0. The van der Waals surface area contributed by atoms with Crippen LogP contribution in [0, 0.1) is 5.41 Å². The highest BCUT2D eigenvalue weighted by molar-refractivity contribution is 6.30. The summed E-state index contributed by atoms with van der Waals surface area (Å²) in [6.07, 6.45) is 0. The van der Waals surface area contributed by atoms with E-state index in [2.05, 4.69) is 18.9 Å². The Bertz CT molecular complexity index is 680. The molecule has 0 spiro atoms. The van der Waals surface area contributed by atoms with Gasteiger partial charge in [-0.15, -0.1) is 0 Å². The topological polar surface area (TPSA) is 23.5 Å². The number of hydrogen-bond acceptors (Lipinski definition) is 2. The van der Waals surface area contributed by atoms with E-state index in [1.165, 1.54) is 0 Å². The molecule has 0 amide bonds. The van der Waals surface area contributed by atoms with Crippen molar-refractivity contribution in [3.05, 3.63) is 69.7 Å². The molecule has 2 nitrogen and oxygen atoms in total. The van der Waals surface area contributed by atoms with Crippen LogP contribution in [0.4, 0.5) is 0 Å². The second kappa shape index (κ2) is 5.54. The lowest BCUT2D eigenvalue weighted by atomic mass is 9.62. The highest BCUT2D eigenvalue weighted by Crippen LogP contribution is 2.50. The number of nitrogens with zero attached hydrogens (tertiary/aromatic N) is 1. The average Bonchev–Trinajstić information content (AvgIpc) is 2.45. The predicted molar refractivity (Wildman–Crippen MR) is 91.5 cm³/mol. The minimum Gasteiger partial charge on any atom is -0.380 e. The van der Waals surface area contributed by atoms with Gasteiger partial charge >= 0.3 is 0 Å². The van der Waals surface area contributed by atoms with Gasteiger partial charge in [0.2, 0.25) is 0 Å². The lowest BCUT2D eigenvalue weighted by Crippen LogP contribution is -2.63. The fraction of sp³-hybridized carbons (Fsp3) is 0.333. The Morgan fingerprint density at radius 2 is 1.64 bits per heavy atom. The Balaban J connectivity index is 2.16. The van der Waals surface area contributed by atoms with Crippen molar-refractivity contribution in [3.8, 4) is 0 Å². The highest BCUT2D eigenvalue weighted by atomic mass is 35.5. The number of aliphatic hydroxyl groups is 1. The van der Waals surface area contributed by atoms with Crippen LogP contribution in [-0.2, 0) is 5.60 Å². The maximum atomic E-state index is 11.7. The van der Waals surface area contributed by atoms with Crippen LogP contribution >= 0.6 is 23.2 Å². The Labute approximate surface area is 141 Å². The lowest BCUT2D eigenvalue weighted by molar-refractivity contribution is -0.127. The molecule has 1 aliphatic heterocycles.